The third kappa shape index (κ3) is 3.95. The van der Waals surface area contributed by atoms with Crippen molar-refractivity contribution in [3.63, 3.8) is 0 Å². The molecule has 2 rings (SSSR count). The third-order valence-electron chi connectivity index (χ3n) is 3.49. The van der Waals surface area contributed by atoms with Crippen LogP contribution in [0.3, 0.4) is 0 Å². The van der Waals surface area contributed by atoms with Gasteiger partial charge in [0.25, 0.3) is 0 Å². The minimum absolute atomic E-state index is 0.339. The van der Waals surface area contributed by atoms with Gasteiger partial charge in [-0.05, 0) is 23.9 Å². The summed E-state index contributed by atoms with van der Waals surface area (Å²) in [6.07, 6.45) is -1.42. The van der Waals surface area contributed by atoms with Crippen molar-refractivity contribution < 1.29 is 24.5 Å². The van der Waals surface area contributed by atoms with Crippen LogP contribution < -0.4 is 0 Å². The Morgan fingerprint density at radius 3 is 2.74 bits per heavy atom. The van der Waals surface area contributed by atoms with Crippen molar-refractivity contribution in [2.24, 2.45) is 5.11 Å². The van der Waals surface area contributed by atoms with Crippen LogP contribution in [0.5, 0.6) is 0 Å². The second kappa shape index (κ2) is 8.19. The number of esters is 1. The van der Waals surface area contributed by atoms with Gasteiger partial charge in [-0.2, -0.15) is 0 Å². The van der Waals surface area contributed by atoms with Gasteiger partial charge in [-0.25, -0.2) is 4.79 Å². The number of nitrogens with zero attached hydrogens (tertiary/aromatic N) is 3. The van der Waals surface area contributed by atoms with Crippen LogP contribution in [0.25, 0.3) is 10.4 Å². The molecule has 0 saturated carbocycles. The van der Waals surface area contributed by atoms with Gasteiger partial charge in [0.1, 0.15) is 23.7 Å². The number of hydrogen-bond acceptors (Lipinski definition) is 7. The fourth-order valence-electron chi connectivity index (χ4n) is 2.33. The molecule has 124 valence electrons. The first kappa shape index (κ1) is 17.6. The van der Waals surface area contributed by atoms with Gasteiger partial charge in [-0.1, -0.05) is 23.3 Å². The lowest BCUT2D eigenvalue weighted by Gasteiger charge is -2.41. The number of hydrogen-bond donors (Lipinski definition) is 2. The van der Waals surface area contributed by atoms with E-state index >= 15 is 0 Å². The van der Waals surface area contributed by atoms with E-state index in [4.69, 9.17) is 15.0 Å². The van der Waals surface area contributed by atoms with E-state index in [1.165, 1.54) is 11.8 Å². The molecule has 1 fully saturated rings. The van der Waals surface area contributed by atoms with E-state index in [-0.39, 0.29) is 0 Å². The monoisotopic (exact) mass is 339 g/mol. The molecule has 2 N–H and O–H groups in total. The van der Waals surface area contributed by atoms with E-state index in [9.17, 15) is 15.0 Å². The fourth-order valence-corrected chi connectivity index (χ4v) is 3.07. The van der Waals surface area contributed by atoms with Crippen molar-refractivity contribution >= 4 is 17.7 Å². The Morgan fingerprint density at radius 1 is 1.48 bits per heavy atom. The first-order valence-corrected chi connectivity index (χ1v) is 8.18. The van der Waals surface area contributed by atoms with Crippen molar-refractivity contribution in [3.8, 4) is 0 Å². The van der Waals surface area contributed by atoms with Crippen molar-refractivity contribution in [1.82, 2.24) is 0 Å². The van der Waals surface area contributed by atoms with Crippen molar-refractivity contribution in [1.29, 1.82) is 0 Å². The molecule has 1 saturated heterocycles. The normalized spacial score (nSPS) is 30.3. The average Bonchev–Trinajstić information content (AvgIpc) is 2.59. The van der Waals surface area contributed by atoms with Gasteiger partial charge < -0.3 is 19.7 Å². The highest BCUT2D eigenvalue weighted by molar-refractivity contribution is 7.99. The van der Waals surface area contributed by atoms with E-state index in [0.717, 1.165) is 0 Å². The number of carbonyl (C=O) groups is 1. The second-order valence-electron chi connectivity index (χ2n) is 4.88. The zero-order chi connectivity index (χ0) is 16.8. The molecule has 1 heterocycles. The Hall–Kier alpha value is -1.77. The molecule has 0 aliphatic carbocycles. The van der Waals surface area contributed by atoms with Crippen LogP contribution in [-0.4, -0.2) is 58.8 Å². The standard InChI is InChI=1S/C14H17N3O5S/c1-23-14-12(22-13(20)8-5-3-2-4-6-8)10(16-17-15)11(19)9(7-18)21-14/h2-6,9-12,14,18-19H,7H2,1H3/t9?,10?,11-,12+,14-/m0/s1. The lowest BCUT2D eigenvalue weighted by molar-refractivity contribution is -0.161. The summed E-state index contributed by atoms with van der Waals surface area (Å²) in [6, 6.07) is 7.30. The summed E-state index contributed by atoms with van der Waals surface area (Å²) in [5.41, 5.74) is 8.39. The Kier molecular flexibility index (Phi) is 6.26. The van der Waals surface area contributed by atoms with E-state index in [1.807, 2.05) is 0 Å². The van der Waals surface area contributed by atoms with Gasteiger partial charge in [0.2, 0.25) is 0 Å². The topological polar surface area (TPSA) is 125 Å². The molecular formula is C14H17N3O5S. The van der Waals surface area contributed by atoms with Crippen LogP contribution in [0.1, 0.15) is 10.4 Å². The predicted octanol–water partition coefficient (Wildman–Crippen LogP) is 1.33. The summed E-state index contributed by atoms with van der Waals surface area (Å²) in [5.74, 6) is -0.606. The SMILES string of the molecule is CS[C@@H]1OC(CO)[C@H](O)C(N=[N+]=[N-])[C@H]1OC(=O)c1ccccc1. The second-order valence-corrected chi connectivity index (χ2v) is 5.82. The number of ether oxygens (including phenoxy) is 2. The molecule has 0 spiro atoms. The lowest BCUT2D eigenvalue weighted by Crippen LogP contribution is -2.58. The zero-order valence-corrected chi connectivity index (χ0v) is 13.2. The number of azide groups is 1. The van der Waals surface area contributed by atoms with Gasteiger partial charge >= 0.3 is 5.97 Å². The molecule has 1 aliphatic rings. The van der Waals surface area contributed by atoms with Gasteiger partial charge in [0.15, 0.2) is 0 Å². The molecule has 23 heavy (non-hydrogen) atoms. The largest absolute Gasteiger partial charge is 0.455 e. The maximum absolute atomic E-state index is 12.2. The van der Waals surface area contributed by atoms with E-state index in [0.29, 0.717) is 5.56 Å². The summed E-state index contributed by atoms with van der Waals surface area (Å²) in [7, 11) is 0. The van der Waals surface area contributed by atoms with Crippen LogP contribution in [0.15, 0.2) is 35.4 Å². The summed E-state index contributed by atoms with van der Waals surface area (Å²) < 4.78 is 10.9. The molecule has 0 aromatic heterocycles. The third-order valence-corrected chi connectivity index (χ3v) is 4.34. The highest BCUT2D eigenvalue weighted by atomic mass is 32.2. The van der Waals surface area contributed by atoms with E-state index in [2.05, 4.69) is 10.0 Å². The average molecular weight is 339 g/mol. The summed E-state index contributed by atoms with van der Waals surface area (Å²) >= 11 is 1.24. The van der Waals surface area contributed by atoms with Crippen molar-refractivity contribution in [3.05, 3.63) is 46.3 Å². The van der Waals surface area contributed by atoms with Crippen LogP contribution in [0, 0.1) is 0 Å². The fraction of sp³-hybridized carbons (Fsp3) is 0.500. The Bertz CT molecular complexity index is 581. The molecule has 0 amide bonds. The molecule has 0 bridgehead atoms. The molecule has 1 aromatic rings. The molecule has 0 radical (unpaired) electrons. The van der Waals surface area contributed by atoms with Crippen molar-refractivity contribution in [2.45, 2.75) is 29.8 Å². The van der Waals surface area contributed by atoms with Crippen LogP contribution in [-0.2, 0) is 9.47 Å². The number of benzene rings is 1. The van der Waals surface area contributed by atoms with Crippen LogP contribution >= 0.6 is 11.8 Å². The molecule has 8 nitrogen and oxygen atoms in total. The highest BCUT2D eigenvalue weighted by Gasteiger charge is 2.46. The van der Waals surface area contributed by atoms with Gasteiger partial charge in [-0.15, -0.1) is 11.8 Å². The number of thioether (sulfide) groups is 1. The van der Waals surface area contributed by atoms with Gasteiger partial charge in [-0.3, -0.25) is 0 Å². The summed E-state index contributed by atoms with van der Waals surface area (Å²) in [4.78, 5) is 14.9. The summed E-state index contributed by atoms with van der Waals surface area (Å²) in [5, 5.41) is 23.0. The predicted molar refractivity (Wildman–Crippen MR) is 83.8 cm³/mol. The molecule has 9 heteroatoms. The quantitative estimate of drug-likeness (QED) is 0.361. The van der Waals surface area contributed by atoms with Crippen LogP contribution in [0.4, 0.5) is 0 Å². The van der Waals surface area contributed by atoms with Gasteiger partial charge in [0, 0.05) is 4.91 Å². The number of aliphatic hydroxyl groups excluding tert-OH is 2. The lowest BCUT2D eigenvalue weighted by atomic mass is 9.98. The number of rotatable bonds is 5. The molecular weight excluding hydrogens is 322 g/mol. The Morgan fingerprint density at radius 2 is 2.17 bits per heavy atom. The smallest absolute Gasteiger partial charge is 0.338 e. The first-order chi connectivity index (χ1) is 11.1. The Balaban J connectivity index is 2.24. The minimum atomic E-state index is -1.27. The molecule has 2 unspecified atom stereocenters. The zero-order valence-electron chi connectivity index (χ0n) is 12.3. The maximum Gasteiger partial charge on any atom is 0.338 e. The highest BCUT2D eigenvalue weighted by Crippen LogP contribution is 2.31. The first-order valence-electron chi connectivity index (χ1n) is 6.89. The molecule has 5 atom stereocenters. The molecule has 1 aromatic carbocycles. The summed E-state index contributed by atoms with van der Waals surface area (Å²) in [6.45, 7) is -0.435. The minimum Gasteiger partial charge on any atom is -0.455 e. The van der Waals surface area contributed by atoms with E-state index < -0.39 is 42.4 Å². The van der Waals surface area contributed by atoms with Gasteiger partial charge in [0.05, 0.1) is 18.3 Å². The number of carbonyl (C=O) groups excluding carboxylic acids is 1. The Labute approximate surface area is 137 Å². The van der Waals surface area contributed by atoms with Crippen LogP contribution in [0.2, 0.25) is 0 Å². The van der Waals surface area contributed by atoms with Crippen molar-refractivity contribution in [2.75, 3.05) is 12.9 Å². The maximum atomic E-state index is 12.2. The molecule has 1 aliphatic heterocycles. The number of aliphatic hydroxyl groups is 2. The van der Waals surface area contributed by atoms with E-state index in [1.54, 1.807) is 36.6 Å².